The number of fused-ring (bicyclic) bond motifs is 2. The van der Waals surface area contributed by atoms with Gasteiger partial charge in [-0.25, -0.2) is 9.78 Å². The molecule has 1 amide bonds. The van der Waals surface area contributed by atoms with E-state index in [-0.39, 0.29) is 5.91 Å². The number of aromatic amines is 1. The molecule has 0 saturated heterocycles. The second-order valence-electron chi connectivity index (χ2n) is 8.31. The molecule has 2 heterocycles. The summed E-state index contributed by atoms with van der Waals surface area (Å²) in [6.07, 6.45) is 0. The Morgan fingerprint density at radius 2 is 1.64 bits per heavy atom. The molecule has 0 spiro atoms. The fraction of sp³-hybridized carbons (Fsp3) is 0. The van der Waals surface area contributed by atoms with Gasteiger partial charge in [0.1, 0.15) is 11.4 Å². The van der Waals surface area contributed by atoms with Crippen LogP contribution < -0.4 is 10.9 Å². The molecule has 174 valence electrons. The van der Waals surface area contributed by atoms with Gasteiger partial charge in [-0.15, -0.1) is 0 Å². The van der Waals surface area contributed by atoms with Gasteiger partial charge in [0.15, 0.2) is 0 Å². The van der Waals surface area contributed by atoms with Gasteiger partial charge in [0.2, 0.25) is 0 Å². The third kappa shape index (κ3) is 4.04. The lowest BCUT2D eigenvalue weighted by atomic mass is 10.0. The van der Waals surface area contributed by atoms with E-state index in [1.165, 1.54) is 0 Å². The van der Waals surface area contributed by atoms with Crippen LogP contribution in [-0.2, 0) is 0 Å². The van der Waals surface area contributed by atoms with E-state index in [0.29, 0.717) is 44.4 Å². The number of H-pyrrole nitrogens is 1. The first-order valence-electron chi connectivity index (χ1n) is 11.2. The number of aromatic nitrogens is 2. The number of benzene rings is 4. The number of carbonyl (C=O) groups is 1. The fourth-order valence-corrected chi connectivity index (χ4v) is 4.34. The molecule has 0 bridgehead atoms. The van der Waals surface area contributed by atoms with Gasteiger partial charge in [0.05, 0.1) is 21.6 Å². The average molecular weight is 492 g/mol. The number of nitrogens with zero attached hydrogens (tertiary/aromatic N) is 1. The van der Waals surface area contributed by atoms with E-state index in [9.17, 15) is 9.59 Å². The van der Waals surface area contributed by atoms with Crippen molar-refractivity contribution in [3.63, 3.8) is 0 Å². The third-order valence-corrected chi connectivity index (χ3v) is 6.30. The minimum absolute atomic E-state index is 0.287. The lowest BCUT2D eigenvalue weighted by molar-refractivity contribution is 0.102. The number of para-hydroxylation sites is 3. The van der Waals surface area contributed by atoms with E-state index in [2.05, 4.69) is 15.3 Å². The minimum Gasteiger partial charge on any atom is -0.422 e. The maximum atomic E-state index is 12.9. The molecule has 2 N–H and O–H groups in total. The molecule has 0 atom stereocenters. The molecule has 2 aromatic heterocycles. The molecule has 6 rings (SSSR count). The molecular formula is C29H18ClN3O3. The number of amides is 1. The largest absolute Gasteiger partial charge is 0.422 e. The maximum Gasteiger partial charge on any atom is 0.344 e. The van der Waals surface area contributed by atoms with Crippen LogP contribution in [0.15, 0.2) is 106 Å². The lowest BCUT2D eigenvalue weighted by Crippen LogP contribution is -2.12. The zero-order valence-corrected chi connectivity index (χ0v) is 19.5. The predicted octanol–water partition coefficient (Wildman–Crippen LogP) is 6.91. The van der Waals surface area contributed by atoms with E-state index in [1.54, 1.807) is 54.6 Å². The van der Waals surface area contributed by atoms with E-state index in [0.717, 1.165) is 16.4 Å². The molecule has 0 saturated carbocycles. The molecule has 0 aliphatic heterocycles. The van der Waals surface area contributed by atoms with Gasteiger partial charge < -0.3 is 14.7 Å². The summed E-state index contributed by atoms with van der Waals surface area (Å²) in [7, 11) is 0. The Morgan fingerprint density at radius 3 is 2.47 bits per heavy atom. The Morgan fingerprint density at radius 1 is 0.861 bits per heavy atom. The van der Waals surface area contributed by atoms with E-state index >= 15 is 0 Å². The zero-order chi connectivity index (χ0) is 24.6. The molecular weight excluding hydrogens is 474 g/mol. The average Bonchev–Trinajstić information content (AvgIpc) is 3.33. The number of rotatable bonds is 4. The summed E-state index contributed by atoms with van der Waals surface area (Å²) in [4.78, 5) is 33.3. The van der Waals surface area contributed by atoms with Crippen LogP contribution >= 0.6 is 11.6 Å². The van der Waals surface area contributed by atoms with Gasteiger partial charge in [-0.05, 0) is 60.2 Å². The van der Waals surface area contributed by atoms with Crippen LogP contribution in [0.1, 0.15) is 10.4 Å². The number of hydrogen-bond acceptors (Lipinski definition) is 4. The normalized spacial score (nSPS) is 11.1. The minimum atomic E-state index is -0.426. The summed E-state index contributed by atoms with van der Waals surface area (Å²) in [5.74, 6) is 0.334. The highest BCUT2D eigenvalue weighted by Crippen LogP contribution is 2.30. The predicted molar refractivity (Wildman–Crippen MR) is 142 cm³/mol. The van der Waals surface area contributed by atoms with E-state index in [1.807, 2.05) is 42.5 Å². The smallest absolute Gasteiger partial charge is 0.344 e. The zero-order valence-electron chi connectivity index (χ0n) is 18.8. The van der Waals surface area contributed by atoms with Crippen LogP contribution in [0.5, 0.6) is 0 Å². The van der Waals surface area contributed by atoms with Gasteiger partial charge in [-0.3, -0.25) is 4.79 Å². The van der Waals surface area contributed by atoms with Crippen molar-refractivity contribution in [2.24, 2.45) is 0 Å². The number of halogens is 1. The molecule has 4 aromatic carbocycles. The summed E-state index contributed by atoms with van der Waals surface area (Å²) in [6, 6.07) is 28.9. The first-order valence-corrected chi connectivity index (χ1v) is 11.6. The van der Waals surface area contributed by atoms with Crippen molar-refractivity contribution in [3.05, 3.63) is 118 Å². The lowest BCUT2D eigenvalue weighted by Gasteiger charge is -2.09. The van der Waals surface area contributed by atoms with Crippen molar-refractivity contribution in [2.75, 3.05) is 5.32 Å². The number of anilines is 1. The molecule has 0 radical (unpaired) electrons. The van der Waals surface area contributed by atoms with Gasteiger partial charge in [-0.1, -0.05) is 54.1 Å². The summed E-state index contributed by atoms with van der Waals surface area (Å²) in [6.45, 7) is 0. The van der Waals surface area contributed by atoms with Gasteiger partial charge in [0, 0.05) is 22.2 Å². The van der Waals surface area contributed by atoms with Crippen molar-refractivity contribution in [1.82, 2.24) is 9.97 Å². The van der Waals surface area contributed by atoms with Crippen molar-refractivity contribution in [3.8, 4) is 22.5 Å². The Labute approximate surface area is 210 Å². The van der Waals surface area contributed by atoms with Crippen LogP contribution in [0.2, 0.25) is 5.02 Å². The van der Waals surface area contributed by atoms with Crippen LogP contribution in [-0.4, -0.2) is 15.9 Å². The highest BCUT2D eigenvalue weighted by molar-refractivity contribution is 6.33. The maximum absolute atomic E-state index is 12.9. The highest BCUT2D eigenvalue weighted by atomic mass is 35.5. The number of nitrogens with one attached hydrogen (secondary N) is 2. The topological polar surface area (TPSA) is 88.0 Å². The van der Waals surface area contributed by atoms with Crippen LogP contribution in [0.3, 0.4) is 0 Å². The highest BCUT2D eigenvalue weighted by Gasteiger charge is 2.13. The van der Waals surface area contributed by atoms with Crippen molar-refractivity contribution in [2.45, 2.75) is 0 Å². The van der Waals surface area contributed by atoms with Crippen molar-refractivity contribution >= 4 is 45.2 Å². The number of imidazole rings is 1. The van der Waals surface area contributed by atoms with Crippen LogP contribution in [0.4, 0.5) is 5.69 Å². The molecule has 6 aromatic rings. The second kappa shape index (κ2) is 8.83. The molecule has 6 nitrogen and oxygen atoms in total. The van der Waals surface area contributed by atoms with Crippen LogP contribution in [0, 0.1) is 0 Å². The Bertz CT molecular complexity index is 1790. The summed E-state index contributed by atoms with van der Waals surface area (Å²) < 4.78 is 5.43. The third-order valence-electron chi connectivity index (χ3n) is 5.97. The molecule has 0 fully saturated rings. The van der Waals surface area contributed by atoms with Crippen LogP contribution in [0.25, 0.3) is 44.5 Å². The van der Waals surface area contributed by atoms with E-state index < -0.39 is 5.63 Å². The monoisotopic (exact) mass is 491 g/mol. The van der Waals surface area contributed by atoms with E-state index in [4.69, 9.17) is 16.0 Å². The Balaban J connectivity index is 1.25. The second-order valence-corrected chi connectivity index (χ2v) is 8.72. The summed E-state index contributed by atoms with van der Waals surface area (Å²) in [5, 5.41) is 4.25. The Kier molecular flexibility index (Phi) is 5.36. The fourth-order valence-electron chi connectivity index (χ4n) is 4.13. The first kappa shape index (κ1) is 21.8. The standard InChI is InChI=1S/C29H18ClN3O3/c30-23-14-13-20(16-22(23)27-32-24-6-2-3-7-25(24)33-27)31-28(34)18-11-9-17(10-12-18)21-15-19-5-1-4-8-26(19)36-29(21)35/h1-16H,(H,31,34)(H,32,33). The quantitative estimate of drug-likeness (QED) is 0.262. The summed E-state index contributed by atoms with van der Waals surface area (Å²) in [5.41, 5.74) is 4.67. The molecule has 36 heavy (non-hydrogen) atoms. The first-order chi connectivity index (χ1) is 17.5. The molecule has 0 aliphatic carbocycles. The Hall–Kier alpha value is -4.68. The van der Waals surface area contributed by atoms with Gasteiger partial charge >= 0.3 is 5.63 Å². The molecule has 0 aliphatic rings. The van der Waals surface area contributed by atoms with Crippen molar-refractivity contribution in [1.29, 1.82) is 0 Å². The van der Waals surface area contributed by atoms with Crippen molar-refractivity contribution < 1.29 is 9.21 Å². The molecule has 0 unspecified atom stereocenters. The summed E-state index contributed by atoms with van der Waals surface area (Å²) >= 11 is 6.43. The SMILES string of the molecule is O=C(Nc1ccc(Cl)c(-c2nc3ccccc3[nH]2)c1)c1ccc(-c2cc3ccccc3oc2=O)cc1. The van der Waals surface area contributed by atoms with Gasteiger partial charge in [-0.2, -0.15) is 0 Å². The molecule has 7 heteroatoms. The van der Waals surface area contributed by atoms with Gasteiger partial charge in [0.25, 0.3) is 5.91 Å². The number of hydrogen-bond donors (Lipinski definition) is 2. The number of carbonyl (C=O) groups excluding carboxylic acids is 1.